The number of halogens is 26. The molecule has 0 atom stereocenters. The fraction of sp³-hybridized carbons (Fsp3) is 0.650. The van der Waals surface area contributed by atoms with E-state index in [1.165, 1.54) is 0 Å². The highest BCUT2D eigenvalue weighted by Crippen LogP contribution is 2.62. The number of esters is 2. The number of benzene rings is 2. The molecule has 32 heteroatoms. The summed E-state index contributed by atoms with van der Waals surface area (Å²) in [5.41, 5.74) is -0.209. The quantitative estimate of drug-likeness (QED) is 0.0350. The minimum atomic E-state index is -7.99. The zero-order valence-electron chi connectivity index (χ0n) is 35.8. The first kappa shape index (κ1) is 64.4. The van der Waals surface area contributed by atoms with Crippen molar-refractivity contribution in [2.45, 2.75) is 146 Å². The molecule has 0 N–H and O–H groups in total. The lowest BCUT2D eigenvalue weighted by Gasteiger charge is -2.39. The first-order valence-corrected chi connectivity index (χ1v) is 22.1. The Labute approximate surface area is 398 Å². The van der Waals surface area contributed by atoms with Gasteiger partial charge >= 0.3 is 83.5 Å². The Kier molecular flexibility index (Phi) is 21.0. The van der Waals surface area contributed by atoms with Gasteiger partial charge in [0.25, 0.3) is 0 Å². The minimum absolute atomic E-state index is 0.0627. The second-order valence-corrected chi connectivity index (χ2v) is 17.7. The smallest absolute Gasteiger partial charge is 0.460 e. The van der Waals surface area contributed by atoms with Crippen LogP contribution in [0.5, 0.6) is 0 Å². The molecule has 2 aromatic carbocycles. The Bertz CT molecular complexity index is 1910. The van der Waals surface area contributed by atoms with Crippen molar-refractivity contribution in [3.8, 4) is 0 Å². The highest BCUT2D eigenvalue weighted by Gasteiger charge is 2.92. The Balaban J connectivity index is 1.66. The first-order valence-electron chi connectivity index (χ1n) is 20.1. The summed E-state index contributed by atoms with van der Waals surface area (Å²) in [7, 11) is 0. The summed E-state index contributed by atoms with van der Waals surface area (Å²) in [6, 6.07) is 8.47. The van der Waals surface area contributed by atoms with Gasteiger partial charge < -0.3 is 9.47 Å². The molecule has 72 heavy (non-hydrogen) atoms. The van der Waals surface area contributed by atoms with E-state index in [-0.39, 0.29) is 57.7 Å². The summed E-state index contributed by atoms with van der Waals surface area (Å²) in [6.45, 7) is -0.125. The van der Waals surface area contributed by atoms with E-state index in [2.05, 4.69) is 0 Å². The van der Waals surface area contributed by atoms with Gasteiger partial charge in [0.05, 0.1) is 24.3 Å². The van der Waals surface area contributed by atoms with Crippen molar-refractivity contribution in [2.24, 2.45) is 0 Å². The normalized spacial score (nSPS) is 14.4. The van der Waals surface area contributed by atoms with Crippen LogP contribution in [0.4, 0.5) is 114 Å². The minimum Gasteiger partial charge on any atom is -0.462 e. The van der Waals surface area contributed by atoms with E-state index >= 15 is 0 Å². The molecule has 0 fully saturated rings. The van der Waals surface area contributed by atoms with Crippen molar-refractivity contribution in [1.29, 1.82) is 0 Å². The van der Waals surface area contributed by atoms with E-state index in [0.29, 0.717) is 38.5 Å². The van der Waals surface area contributed by atoms with Crippen LogP contribution < -0.4 is 0 Å². The summed E-state index contributed by atoms with van der Waals surface area (Å²) in [4.78, 5) is 24.4. The van der Waals surface area contributed by atoms with Crippen molar-refractivity contribution in [1.82, 2.24) is 0 Å². The Morgan fingerprint density at radius 2 is 0.569 bits per heavy atom. The van der Waals surface area contributed by atoms with E-state index in [0.717, 1.165) is 61.4 Å². The SMILES string of the molecule is O=C(OCCCCCCCCCCOC(=O)c1ccc(SCCC(F)(F)C(F)(F)C(F)(F)C(F)(F)C(F)(F)C(F)(F)F)cc1)c1ccc(SCCC(F)(F)C(F)(F)C(F)(F)C(F)(F)C(F)(F)C(F)(F)F)cc1. The van der Waals surface area contributed by atoms with Gasteiger partial charge in [-0.15, -0.1) is 23.5 Å². The topological polar surface area (TPSA) is 52.6 Å². The molecule has 0 unspecified atom stereocenters. The molecule has 4 nitrogen and oxygen atoms in total. The lowest BCUT2D eigenvalue weighted by molar-refractivity contribution is -0.439. The zero-order valence-corrected chi connectivity index (χ0v) is 37.4. The maximum Gasteiger partial charge on any atom is 0.460 e. The summed E-state index contributed by atoms with van der Waals surface area (Å²) in [5, 5.41) is 0. The molecule has 414 valence electrons. The number of hydrogen-bond acceptors (Lipinski definition) is 6. The van der Waals surface area contributed by atoms with Crippen molar-refractivity contribution in [3.05, 3.63) is 59.7 Å². The van der Waals surface area contributed by atoms with Crippen LogP contribution in [0.1, 0.15) is 84.9 Å². The van der Waals surface area contributed by atoms with Crippen LogP contribution in [0.15, 0.2) is 58.3 Å². The monoisotopic (exact) mass is 1140 g/mol. The molecule has 0 saturated heterocycles. The molecule has 0 heterocycles. The maximum absolute atomic E-state index is 14.0. The van der Waals surface area contributed by atoms with Gasteiger partial charge in [-0.2, -0.15) is 114 Å². The van der Waals surface area contributed by atoms with Crippen molar-refractivity contribution < 1.29 is 133 Å². The third-order valence-corrected chi connectivity index (χ3v) is 12.1. The van der Waals surface area contributed by atoms with Crippen LogP contribution in [0.3, 0.4) is 0 Å². The number of carbonyl (C=O) groups excluding carboxylic acids is 2. The largest absolute Gasteiger partial charge is 0.462 e. The van der Waals surface area contributed by atoms with E-state index in [1.54, 1.807) is 0 Å². The molecular weight excluding hydrogens is 1100 g/mol. The first-order chi connectivity index (χ1) is 32.4. The highest BCUT2D eigenvalue weighted by atomic mass is 32.2. The second kappa shape index (κ2) is 23.4. The number of hydrogen-bond donors (Lipinski definition) is 0. The van der Waals surface area contributed by atoms with Crippen molar-refractivity contribution in [3.63, 3.8) is 0 Å². The van der Waals surface area contributed by atoms with Crippen molar-refractivity contribution in [2.75, 3.05) is 24.7 Å². The average Bonchev–Trinajstić information content (AvgIpc) is 3.25. The van der Waals surface area contributed by atoms with Gasteiger partial charge in [-0.25, -0.2) is 9.59 Å². The molecular formula is C40H36F26O4S2. The predicted molar refractivity (Wildman–Crippen MR) is 203 cm³/mol. The molecule has 0 aliphatic rings. The molecule has 0 aliphatic carbocycles. The van der Waals surface area contributed by atoms with Crippen molar-refractivity contribution >= 4 is 35.5 Å². The van der Waals surface area contributed by atoms with Crippen LogP contribution in [-0.2, 0) is 9.47 Å². The summed E-state index contributed by atoms with van der Waals surface area (Å²) in [6.07, 6.45) is -15.0. The zero-order chi connectivity index (χ0) is 55.8. The van der Waals surface area contributed by atoms with Crippen LogP contribution in [0.2, 0.25) is 0 Å². The molecule has 0 bridgehead atoms. The maximum atomic E-state index is 14.0. The van der Waals surface area contributed by atoms with Gasteiger partial charge in [0.2, 0.25) is 0 Å². The van der Waals surface area contributed by atoms with Gasteiger partial charge in [0.15, 0.2) is 0 Å². The lowest BCUT2D eigenvalue weighted by Crippen LogP contribution is -2.70. The second-order valence-electron chi connectivity index (χ2n) is 15.3. The fourth-order valence-corrected chi connectivity index (χ4v) is 7.49. The highest BCUT2D eigenvalue weighted by molar-refractivity contribution is 7.99. The van der Waals surface area contributed by atoms with Crippen LogP contribution in [-0.4, -0.2) is 108 Å². The van der Waals surface area contributed by atoms with E-state index in [1.807, 2.05) is 0 Å². The van der Waals surface area contributed by atoms with E-state index in [9.17, 15) is 124 Å². The predicted octanol–water partition coefficient (Wildman–Crippen LogP) is 16.3. The van der Waals surface area contributed by atoms with E-state index < -0.39 is 108 Å². The van der Waals surface area contributed by atoms with Gasteiger partial charge in [0, 0.05) is 34.1 Å². The van der Waals surface area contributed by atoms with Crippen LogP contribution in [0, 0.1) is 0 Å². The summed E-state index contributed by atoms with van der Waals surface area (Å²) in [5.74, 6) is -78.9. The van der Waals surface area contributed by atoms with Gasteiger partial charge in [0.1, 0.15) is 0 Å². The number of unbranched alkanes of at least 4 members (excludes halogenated alkanes) is 7. The Morgan fingerprint density at radius 3 is 0.819 bits per heavy atom. The Morgan fingerprint density at radius 1 is 0.333 bits per heavy atom. The molecule has 0 spiro atoms. The standard InChI is InChI=1S/C40H36F26O4S2/c41-29(42,31(45,46)33(49,50)35(53,54)37(57,58)39(61,62)63)17-21-71-25-13-9-23(10-14-25)27(67)69-19-7-5-3-1-2-4-6-8-20-70-28(68)24-11-15-26(16-12-24)72-22-18-30(43,44)32(47,48)34(51,52)36(55,56)38(59,60)40(64,65)66/h9-16H,1-8,17-22H2. The molecule has 0 amide bonds. The molecule has 2 aromatic rings. The molecule has 0 aromatic heterocycles. The fourth-order valence-electron chi connectivity index (χ4n) is 5.65. The number of carbonyl (C=O) groups is 2. The van der Waals surface area contributed by atoms with Gasteiger partial charge in [-0.3, -0.25) is 0 Å². The van der Waals surface area contributed by atoms with Crippen LogP contribution >= 0.6 is 23.5 Å². The van der Waals surface area contributed by atoms with Gasteiger partial charge in [-0.05, 0) is 61.4 Å². The number of alkyl halides is 26. The summed E-state index contributed by atoms with van der Waals surface area (Å²) < 4.78 is 356. The third kappa shape index (κ3) is 13.7. The third-order valence-electron chi connectivity index (χ3n) is 10.1. The molecule has 0 radical (unpaired) electrons. The lowest BCUT2D eigenvalue weighted by atomic mass is 9.93. The number of thioether (sulfide) groups is 2. The van der Waals surface area contributed by atoms with Gasteiger partial charge in [-0.1, -0.05) is 38.5 Å². The molecule has 2 rings (SSSR count). The number of rotatable bonds is 29. The molecule has 0 saturated carbocycles. The van der Waals surface area contributed by atoms with E-state index in [4.69, 9.17) is 9.47 Å². The molecule has 0 aliphatic heterocycles. The van der Waals surface area contributed by atoms with Crippen LogP contribution in [0.25, 0.3) is 0 Å². The number of ether oxygens (including phenoxy) is 2. The summed E-state index contributed by atoms with van der Waals surface area (Å²) >= 11 is 0.444. The average molecular weight is 1140 g/mol. The Hall–Kier alpha value is -3.74.